The van der Waals surface area contributed by atoms with Gasteiger partial charge < -0.3 is 34.3 Å². The van der Waals surface area contributed by atoms with Gasteiger partial charge in [-0.05, 0) is 57.8 Å². The molecule has 0 aromatic heterocycles. The first-order valence-electron chi connectivity index (χ1n) is 18.3. The van der Waals surface area contributed by atoms with Crippen LogP contribution in [0.15, 0.2) is 60.8 Å². The Labute approximate surface area is 305 Å². The second kappa shape index (κ2) is 28.9. The molecule has 12 nitrogen and oxygen atoms in total. The number of aliphatic hydroxyl groups excluding tert-OH is 3. The molecule has 0 radical (unpaired) electrons. The smallest absolute Gasteiger partial charge is 0.306 e. The Bertz CT molecular complexity index is 1190. The number of ether oxygens (including phenoxy) is 4. The maximum Gasteiger partial charge on any atom is 0.306 e. The van der Waals surface area contributed by atoms with E-state index < -0.39 is 71.2 Å². The minimum atomic E-state index is -4.61. The maximum absolute atomic E-state index is 12.7. The second-order valence-corrected chi connectivity index (χ2v) is 14.0. The number of hydrogen-bond acceptors (Lipinski definition) is 11. The van der Waals surface area contributed by atoms with Gasteiger partial charge in [0.15, 0.2) is 12.4 Å². The van der Waals surface area contributed by atoms with Gasteiger partial charge in [-0.15, -0.1) is 0 Å². The van der Waals surface area contributed by atoms with Crippen LogP contribution in [0.1, 0.15) is 110 Å². The average Bonchev–Trinajstić information content (AvgIpc) is 3.09. The molecular weight excluding hydrogens is 680 g/mol. The first-order chi connectivity index (χ1) is 24.5. The first kappa shape index (κ1) is 46.4. The number of esters is 2. The largest absolute Gasteiger partial charge is 0.462 e. The van der Waals surface area contributed by atoms with E-state index in [-0.39, 0.29) is 19.4 Å². The highest BCUT2D eigenvalue weighted by molar-refractivity contribution is 7.85. The van der Waals surface area contributed by atoms with E-state index in [0.717, 1.165) is 64.2 Å². The average molecular weight is 743 g/mol. The Morgan fingerprint density at radius 2 is 1.27 bits per heavy atom. The molecule has 4 N–H and O–H groups in total. The highest BCUT2D eigenvalue weighted by Crippen LogP contribution is 2.23. The third-order valence-electron chi connectivity index (χ3n) is 7.83. The fourth-order valence-electron chi connectivity index (χ4n) is 4.98. The van der Waals surface area contributed by atoms with Gasteiger partial charge in [0.2, 0.25) is 0 Å². The first-order valence-corrected chi connectivity index (χ1v) is 20.0. The predicted octanol–water partition coefficient (Wildman–Crippen LogP) is 5.83. The van der Waals surface area contributed by atoms with Crippen LogP contribution in [0.2, 0.25) is 0 Å². The summed E-state index contributed by atoms with van der Waals surface area (Å²) in [7, 11) is -4.61. The van der Waals surface area contributed by atoms with Gasteiger partial charge in [-0.1, -0.05) is 100 Å². The fraction of sp³-hybridized carbons (Fsp3) is 0.684. The standard InChI is InChI=1S/C38H62O12S/c1-3-5-7-9-11-13-15-16-17-19-21-23-25-27-34(40)49-31(28-47-33(39)26-24-22-20-18-14-12-10-8-6-4-2)29-48-38-37(43)36(42)35(41)32(50-38)30-51(44,45)46/h5,7-8,10-11,13,16-17,21,23,31-32,35-38,41-43H,3-4,6,9,12,14-15,18-20,22,24-30H2,1-2H3,(H,44,45,46)/b7-5-,10-8-,13-11-,17-16-,23-21-. The molecule has 1 heterocycles. The number of carbonyl (C=O) groups excluding carboxylic acids is 2. The molecule has 1 rings (SSSR count). The van der Waals surface area contributed by atoms with Crippen molar-refractivity contribution in [1.82, 2.24) is 0 Å². The Morgan fingerprint density at radius 3 is 1.92 bits per heavy atom. The zero-order chi connectivity index (χ0) is 37.7. The van der Waals surface area contributed by atoms with Crippen molar-refractivity contribution in [2.75, 3.05) is 19.0 Å². The molecule has 51 heavy (non-hydrogen) atoms. The van der Waals surface area contributed by atoms with Gasteiger partial charge in [-0.2, -0.15) is 8.42 Å². The summed E-state index contributed by atoms with van der Waals surface area (Å²) in [6.45, 7) is 3.46. The van der Waals surface area contributed by atoms with E-state index in [9.17, 15) is 37.9 Å². The van der Waals surface area contributed by atoms with Gasteiger partial charge >= 0.3 is 11.9 Å². The summed E-state index contributed by atoms with van der Waals surface area (Å²) >= 11 is 0. The van der Waals surface area contributed by atoms with Crippen LogP contribution in [-0.2, 0) is 38.7 Å². The summed E-state index contributed by atoms with van der Waals surface area (Å²) in [6, 6.07) is 0. The minimum absolute atomic E-state index is 0.0387. The Hall–Kier alpha value is -2.65. The zero-order valence-corrected chi connectivity index (χ0v) is 31.2. The van der Waals surface area contributed by atoms with Crippen LogP contribution in [0, 0.1) is 0 Å². The summed E-state index contributed by atoms with van der Waals surface area (Å²) in [4.78, 5) is 25.1. The predicted molar refractivity (Wildman–Crippen MR) is 196 cm³/mol. The summed E-state index contributed by atoms with van der Waals surface area (Å²) in [6.07, 6.45) is 23.1. The quantitative estimate of drug-likeness (QED) is 0.0326. The minimum Gasteiger partial charge on any atom is -0.462 e. The van der Waals surface area contributed by atoms with Crippen LogP contribution in [0.3, 0.4) is 0 Å². The van der Waals surface area contributed by atoms with Crippen LogP contribution in [0.4, 0.5) is 0 Å². The molecule has 292 valence electrons. The SMILES string of the molecule is CC/C=C\C/C=C\C/C=C\C/C=C\CCC(=O)OC(COC(=O)CCCCCCC/C=C\CCC)COC1OC(CS(=O)(=O)O)C(O)C(O)C1O. The summed E-state index contributed by atoms with van der Waals surface area (Å²) in [5, 5.41) is 30.7. The lowest BCUT2D eigenvalue weighted by molar-refractivity contribution is -0.297. The molecule has 0 aromatic rings. The summed E-state index contributed by atoms with van der Waals surface area (Å²) < 4.78 is 53.6. The normalized spacial score (nSPS) is 22.2. The van der Waals surface area contributed by atoms with Crippen LogP contribution in [0.5, 0.6) is 0 Å². The molecule has 1 saturated heterocycles. The molecule has 0 aliphatic carbocycles. The Kier molecular flexibility index (Phi) is 26.3. The van der Waals surface area contributed by atoms with E-state index in [0.29, 0.717) is 19.3 Å². The molecule has 0 saturated carbocycles. The van der Waals surface area contributed by atoms with Crippen LogP contribution in [-0.4, -0.2) is 96.0 Å². The number of unbranched alkanes of at least 4 members (excludes halogenated alkanes) is 6. The topological polar surface area (TPSA) is 186 Å². The van der Waals surface area contributed by atoms with Crippen molar-refractivity contribution in [2.24, 2.45) is 0 Å². The Morgan fingerprint density at radius 1 is 0.686 bits per heavy atom. The molecule has 1 aliphatic heterocycles. The van der Waals surface area contributed by atoms with Gasteiger partial charge in [0.05, 0.1) is 6.61 Å². The lowest BCUT2D eigenvalue weighted by atomic mass is 10.00. The third kappa shape index (κ3) is 24.3. The van der Waals surface area contributed by atoms with Gasteiger partial charge in [-0.3, -0.25) is 14.1 Å². The molecule has 6 atom stereocenters. The molecule has 6 unspecified atom stereocenters. The van der Waals surface area contributed by atoms with Crippen molar-refractivity contribution in [1.29, 1.82) is 0 Å². The van der Waals surface area contributed by atoms with Gasteiger partial charge in [0, 0.05) is 12.8 Å². The van der Waals surface area contributed by atoms with E-state index in [1.54, 1.807) is 0 Å². The number of carbonyl (C=O) groups is 2. The van der Waals surface area contributed by atoms with E-state index in [2.05, 4.69) is 56.4 Å². The van der Waals surface area contributed by atoms with Gasteiger partial charge in [0.25, 0.3) is 10.1 Å². The molecule has 0 spiro atoms. The lowest BCUT2D eigenvalue weighted by Crippen LogP contribution is -2.60. The van der Waals surface area contributed by atoms with E-state index in [1.807, 2.05) is 18.2 Å². The molecule has 1 fully saturated rings. The number of rotatable bonds is 28. The van der Waals surface area contributed by atoms with Crippen molar-refractivity contribution in [3.8, 4) is 0 Å². The number of hydrogen-bond donors (Lipinski definition) is 4. The second-order valence-electron chi connectivity index (χ2n) is 12.5. The molecular formula is C38H62O12S. The van der Waals surface area contributed by atoms with Crippen molar-refractivity contribution < 1.29 is 56.8 Å². The van der Waals surface area contributed by atoms with Crippen molar-refractivity contribution in [3.63, 3.8) is 0 Å². The fourth-order valence-corrected chi connectivity index (χ4v) is 5.67. The van der Waals surface area contributed by atoms with Gasteiger partial charge in [0.1, 0.15) is 36.8 Å². The van der Waals surface area contributed by atoms with Crippen molar-refractivity contribution in [3.05, 3.63) is 60.8 Å². The molecule has 0 bridgehead atoms. The molecule has 0 aromatic carbocycles. The molecule has 1 aliphatic rings. The zero-order valence-electron chi connectivity index (χ0n) is 30.4. The molecule has 0 amide bonds. The van der Waals surface area contributed by atoms with Crippen LogP contribution < -0.4 is 0 Å². The van der Waals surface area contributed by atoms with Crippen LogP contribution in [0.25, 0.3) is 0 Å². The van der Waals surface area contributed by atoms with Crippen molar-refractivity contribution in [2.45, 2.75) is 147 Å². The maximum atomic E-state index is 12.7. The van der Waals surface area contributed by atoms with Crippen LogP contribution >= 0.6 is 0 Å². The monoisotopic (exact) mass is 742 g/mol. The summed E-state index contributed by atoms with van der Waals surface area (Å²) in [5.74, 6) is -2.11. The molecule has 13 heteroatoms. The highest BCUT2D eigenvalue weighted by Gasteiger charge is 2.46. The number of allylic oxidation sites excluding steroid dienone is 10. The highest BCUT2D eigenvalue weighted by atomic mass is 32.2. The van der Waals surface area contributed by atoms with E-state index in [4.69, 9.17) is 18.9 Å². The van der Waals surface area contributed by atoms with E-state index >= 15 is 0 Å². The third-order valence-corrected chi connectivity index (χ3v) is 8.58. The van der Waals surface area contributed by atoms with Gasteiger partial charge in [-0.25, -0.2) is 0 Å². The number of aliphatic hydroxyl groups is 3. The van der Waals surface area contributed by atoms with E-state index in [1.165, 1.54) is 0 Å². The Balaban J connectivity index is 2.62. The van der Waals surface area contributed by atoms with Crippen molar-refractivity contribution >= 4 is 22.1 Å². The summed E-state index contributed by atoms with van der Waals surface area (Å²) in [5.41, 5.74) is 0. The lowest BCUT2D eigenvalue weighted by Gasteiger charge is -2.40.